The molecule has 0 bridgehead atoms. The highest BCUT2D eigenvalue weighted by atomic mass is 35.5. The first-order valence-corrected chi connectivity index (χ1v) is 31.6. The summed E-state index contributed by atoms with van der Waals surface area (Å²) in [6.45, 7) is 10.6. The number of sulfonamides is 1. The van der Waals surface area contributed by atoms with Crippen LogP contribution in [-0.2, 0) is 30.8 Å². The zero-order valence-electron chi connectivity index (χ0n) is 47.5. The van der Waals surface area contributed by atoms with Crippen molar-refractivity contribution in [1.29, 1.82) is 0 Å². The molecule has 0 radical (unpaired) electrons. The van der Waals surface area contributed by atoms with Crippen LogP contribution in [0.5, 0.6) is 17.4 Å². The normalized spacial score (nSPS) is 24.5. The number of fused-ring (bicyclic) bond motifs is 5. The molecule has 1 saturated carbocycles. The maximum absolute atomic E-state index is 15.3. The molecule has 8 aliphatic rings. The van der Waals surface area contributed by atoms with Crippen molar-refractivity contribution in [3.8, 4) is 17.4 Å². The fraction of sp³-hybridized carbons (Fsp3) is 0.484. The van der Waals surface area contributed by atoms with Gasteiger partial charge in [-0.3, -0.25) is 24.7 Å². The summed E-state index contributed by atoms with van der Waals surface area (Å²) < 4.78 is 83.2. The van der Waals surface area contributed by atoms with Gasteiger partial charge in [0, 0.05) is 104 Å². The summed E-state index contributed by atoms with van der Waals surface area (Å²) in [7, 11) is -4.74. The van der Waals surface area contributed by atoms with E-state index >= 15 is 4.39 Å². The van der Waals surface area contributed by atoms with Gasteiger partial charge < -0.3 is 48.5 Å². The van der Waals surface area contributed by atoms with Crippen molar-refractivity contribution in [1.82, 2.24) is 24.5 Å². The molecule has 4 saturated heterocycles. The summed E-state index contributed by atoms with van der Waals surface area (Å²) >= 11 is 6.48. The number of anilines is 4. The minimum absolute atomic E-state index is 0.00652. The summed E-state index contributed by atoms with van der Waals surface area (Å²) in [6.07, 6.45) is 7.31. The number of carbonyl (C=O) groups is 1. The number of H-pyrrole nitrogens is 1. The number of para-hydroxylation sites is 1. The lowest BCUT2D eigenvalue weighted by molar-refractivity contribution is -0.384. The third-order valence-corrected chi connectivity index (χ3v) is 20.6. The molecule has 1 aliphatic carbocycles. The molecule has 0 unspecified atom stereocenters. The van der Waals surface area contributed by atoms with Crippen LogP contribution in [0, 0.1) is 27.3 Å². The van der Waals surface area contributed by atoms with Crippen LogP contribution in [0.3, 0.4) is 0 Å². The molecule has 5 atom stereocenters. The Bertz CT molecular complexity index is 3680. The molecule has 7 aliphatic heterocycles. The molecule has 6 aromatic rings. The van der Waals surface area contributed by atoms with E-state index in [-0.39, 0.29) is 84.2 Å². The Hall–Kier alpha value is -6.79. The molecule has 23 heteroatoms. The average molecular weight is 1200 g/mol. The first-order chi connectivity index (χ1) is 41.2. The van der Waals surface area contributed by atoms with E-state index in [9.17, 15) is 23.3 Å². The van der Waals surface area contributed by atoms with Crippen LogP contribution in [0.4, 0.5) is 32.8 Å². The van der Waals surface area contributed by atoms with Crippen LogP contribution in [0.25, 0.3) is 11.0 Å². The van der Waals surface area contributed by atoms with E-state index in [0.29, 0.717) is 78.9 Å². The van der Waals surface area contributed by atoms with Gasteiger partial charge in [-0.15, -0.1) is 0 Å². The van der Waals surface area contributed by atoms with Gasteiger partial charge in [-0.2, -0.15) is 4.98 Å². The standard InChI is InChI=1S/C62H69ClFN9O11S/c1-36(2)83-55-6-4-3-5-43(55)53-31-70(54-34-81-32-46-45(54)24-39(63)25-47(46)64)18-19-71(53)41-29-62(30-41)13-16-69(17-14-62)40-7-8-44(50(26-40)72-49-12-22-80-35-57(49)84-61-52(72)23-38-9-15-65-59(38)67-61)60(74)68-85(77,78)42-27-51(73(75)76)58-56(28-42)82-33-48(66-58)37-10-20-79-21-11-37/h3-9,15,23-28,36-37,41,48-49,53-54,57,66H,10-14,16-22,29-35H2,1-2H3,(H,65,67)(H,68,74)/t48-,49-,53-,54+,57-/m0/s1. The highest BCUT2D eigenvalue weighted by molar-refractivity contribution is 7.90. The second kappa shape index (κ2) is 22.5. The Labute approximate surface area is 497 Å². The second-order valence-electron chi connectivity index (χ2n) is 24.4. The van der Waals surface area contributed by atoms with E-state index < -0.39 is 37.5 Å². The maximum Gasteiger partial charge on any atom is 0.297 e. The van der Waals surface area contributed by atoms with Crippen LogP contribution in [0.1, 0.15) is 97.9 Å². The number of hydrogen-bond acceptors (Lipinski definition) is 17. The molecule has 4 aromatic carbocycles. The maximum atomic E-state index is 15.3. The number of piperidine rings is 1. The summed E-state index contributed by atoms with van der Waals surface area (Å²) in [5, 5.41) is 17.1. The Kier molecular flexibility index (Phi) is 14.8. The van der Waals surface area contributed by atoms with Crippen LogP contribution >= 0.6 is 11.6 Å². The largest absolute Gasteiger partial charge is 0.491 e. The summed E-state index contributed by atoms with van der Waals surface area (Å²) in [5.41, 5.74) is 4.97. The van der Waals surface area contributed by atoms with Crippen molar-refractivity contribution in [2.75, 3.05) is 87.5 Å². The number of hydrogen-bond donors (Lipinski definition) is 3. The smallest absolute Gasteiger partial charge is 0.297 e. The van der Waals surface area contributed by atoms with Gasteiger partial charge in [-0.1, -0.05) is 29.8 Å². The van der Waals surface area contributed by atoms with Crippen LogP contribution in [0.15, 0.2) is 90.0 Å². The zero-order valence-corrected chi connectivity index (χ0v) is 49.0. The molecule has 5 fully saturated rings. The molecule has 85 heavy (non-hydrogen) atoms. The fourth-order valence-corrected chi connectivity index (χ4v) is 15.9. The number of pyridine rings is 1. The van der Waals surface area contributed by atoms with Gasteiger partial charge >= 0.3 is 0 Å². The van der Waals surface area contributed by atoms with Crippen molar-refractivity contribution in [2.45, 2.75) is 113 Å². The lowest BCUT2D eigenvalue weighted by Gasteiger charge is -2.58. The molecule has 2 aromatic heterocycles. The highest BCUT2D eigenvalue weighted by Gasteiger charge is 2.51. The second-order valence-corrected chi connectivity index (χ2v) is 26.5. The first kappa shape index (κ1) is 56.0. The zero-order chi connectivity index (χ0) is 58.3. The molecule has 3 N–H and O–H groups in total. The molecule has 448 valence electrons. The number of ether oxygens (including phenoxy) is 6. The Balaban J connectivity index is 0.740. The number of piperazine rings is 1. The lowest BCUT2D eigenvalue weighted by atomic mass is 9.59. The summed E-state index contributed by atoms with van der Waals surface area (Å²) in [6, 6.07) is 22.9. The SMILES string of the molecule is CC(C)Oc1ccccc1[C@@H]1CN([C@@H]2COCc3c(F)cc(Cl)cc32)CCN1C1CC2(CCN(c3ccc(C(=O)NS(=O)(=O)c4cc5c(c([N+](=O)[O-])c4)N[C@H](C4CCOCC4)CO5)c(N4c5cc6cc[nH]c6nc5O[C@H]5COCC[C@@H]54)c3)CC2)C1. The number of benzene rings is 4. The van der Waals surface area contributed by atoms with E-state index in [4.69, 9.17) is 45.0 Å². The number of nitrogens with zero attached hydrogens (tertiary/aromatic N) is 6. The number of rotatable bonds is 12. The third kappa shape index (κ3) is 10.6. The Morgan fingerprint density at radius 2 is 1.72 bits per heavy atom. The predicted octanol–water partition coefficient (Wildman–Crippen LogP) is 9.84. The quantitative estimate of drug-likeness (QED) is 0.0768. The molecule has 14 rings (SSSR count). The number of amides is 1. The summed E-state index contributed by atoms with van der Waals surface area (Å²) in [5.74, 6) is 0.118. The minimum atomic E-state index is -4.74. The van der Waals surface area contributed by atoms with Crippen LogP contribution < -0.4 is 34.0 Å². The molecule has 9 heterocycles. The van der Waals surface area contributed by atoms with Crippen molar-refractivity contribution in [2.24, 2.45) is 11.3 Å². The van der Waals surface area contributed by atoms with Gasteiger partial charge in [0.25, 0.3) is 21.6 Å². The van der Waals surface area contributed by atoms with Gasteiger partial charge in [-0.25, -0.2) is 17.5 Å². The van der Waals surface area contributed by atoms with Gasteiger partial charge in [0.1, 0.15) is 35.6 Å². The monoisotopic (exact) mass is 1200 g/mol. The molecule has 20 nitrogen and oxygen atoms in total. The average Bonchev–Trinajstić information content (AvgIpc) is 2.87. The van der Waals surface area contributed by atoms with E-state index in [0.717, 1.165) is 98.7 Å². The van der Waals surface area contributed by atoms with Gasteiger partial charge in [0.2, 0.25) is 5.88 Å². The Morgan fingerprint density at radius 3 is 2.53 bits per heavy atom. The molecule has 1 amide bonds. The molecule has 1 spiro atoms. The van der Waals surface area contributed by atoms with E-state index in [2.05, 4.69) is 52.8 Å². The van der Waals surface area contributed by atoms with Crippen molar-refractivity contribution in [3.05, 3.63) is 128 Å². The first-order valence-electron chi connectivity index (χ1n) is 29.7. The van der Waals surface area contributed by atoms with E-state index in [1.165, 1.54) is 12.1 Å². The number of nitrogens with one attached hydrogen (secondary N) is 3. The highest BCUT2D eigenvalue weighted by Crippen LogP contribution is 2.55. The number of nitro groups is 1. The molecular weight excluding hydrogens is 1130 g/mol. The number of aromatic nitrogens is 2. The van der Waals surface area contributed by atoms with Crippen LogP contribution in [0.2, 0.25) is 5.02 Å². The Morgan fingerprint density at radius 1 is 0.906 bits per heavy atom. The molecular formula is C62H69ClFN9O11S. The van der Waals surface area contributed by atoms with Crippen LogP contribution in [-0.4, -0.2) is 142 Å². The van der Waals surface area contributed by atoms with Crippen molar-refractivity contribution in [3.63, 3.8) is 0 Å². The van der Waals surface area contributed by atoms with Crippen molar-refractivity contribution >= 4 is 67.0 Å². The van der Waals surface area contributed by atoms with Gasteiger partial charge in [0.15, 0.2) is 11.4 Å². The lowest BCUT2D eigenvalue weighted by Crippen LogP contribution is -2.60. The van der Waals surface area contributed by atoms with E-state index in [1.807, 2.05) is 50.2 Å². The van der Waals surface area contributed by atoms with Gasteiger partial charge in [0.05, 0.1) is 71.2 Å². The summed E-state index contributed by atoms with van der Waals surface area (Å²) in [4.78, 5) is 44.0. The number of nitro benzene ring substituents is 1. The topological polar surface area (TPSA) is 215 Å². The minimum Gasteiger partial charge on any atom is -0.491 e. The predicted molar refractivity (Wildman–Crippen MR) is 316 cm³/mol. The number of halogens is 2. The number of aromatic amines is 1. The number of carbonyl (C=O) groups excluding carboxylic acids is 1. The third-order valence-electron chi connectivity index (χ3n) is 19.1. The fourth-order valence-electron chi connectivity index (χ4n) is 14.7. The van der Waals surface area contributed by atoms with Gasteiger partial charge in [-0.05, 0) is 124 Å². The van der Waals surface area contributed by atoms with Crippen molar-refractivity contribution < 1.29 is 50.9 Å². The van der Waals surface area contributed by atoms with E-state index in [1.54, 1.807) is 12.3 Å².